The van der Waals surface area contributed by atoms with Crippen LogP contribution < -0.4 is 5.73 Å². The van der Waals surface area contributed by atoms with Crippen LogP contribution in [0.5, 0.6) is 0 Å². The molecule has 5 heteroatoms. The zero-order valence-corrected chi connectivity index (χ0v) is 11.3. The third-order valence-corrected chi connectivity index (χ3v) is 3.17. The second kappa shape index (κ2) is 7.59. The highest BCUT2D eigenvalue weighted by molar-refractivity contribution is 5.88. The first-order valence-corrected chi connectivity index (χ1v) is 6.41. The van der Waals surface area contributed by atoms with Gasteiger partial charge in [0.1, 0.15) is 0 Å². The van der Waals surface area contributed by atoms with Crippen molar-refractivity contribution in [3.63, 3.8) is 0 Å². The lowest BCUT2D eigenvalue weighted by atomic mass is 9.97. The molecule has 0 radical (unpaired) electrons. The van der Waals surface area contributed by atoms with E-state index in [0.717, 1.165) is 12.8 Å². The summed E-state index contributed by atoms with van der Waals surface area (Å²) in [5.74, 6) is 1.93. The van der Waals surface area contributed by atoms with Crippen molar-refractivity contribution in [1.29, 1.82) is 0 Å². The van der Waals surface area contributed by atoms with Gasteiger partial charge in [-0.1, -0.05) is 12.0 Å². The molecule has 2 amide bonds. The van der Waals surface area contributed by atoms with Crippen molar-refractivity contribution in [2.45, 2.75) is 12.8 Å². The van der Waals surface area contributed by atoms with Gasteiger partial charge in [-0.2, -0.15) is 0 Å². The molecule has 1 rings (SSSR count). The van der Waals surface area contributed by atoms with Crippen LogP contribution in [0.3, 0.4) is 0 Å². The van der Waals surface area contributed by atoms with Gasteiger partial charge in [-0.3, -0.25) is 14.5 Å². The van der Waals surface area contributed by atoms with Gasteiger partial charge in [0.25, 0.3) is 0 Å². The summed E-state index contributed by atoms with van der Waals surface area (Å²) in [5, 5.41) is 0. The summed E-state index contributed by atoms with van der Waals surface area (Å²) in [5.41, 5.74) is 5.28. The van der Waals surface area contributed by atoms with Crippen LogP contribution in [-0.4, -0.2) is 54.8 Å². The molecule has 1 heterocycles. The molecule has 0 bridgehead atoms. The largest absolute Gasteiger partial charge is 0.369 e. The van der Waals surface area contributed by atoms with Crippen molar-refractivity contribution < 1.29 is 9.59 Å². The zero-order valence-electron chi connectivity index (χ0n) is 11.3. The van der Waals surface area contributed by atoms with E-state index in [1.807, 2.05) is 11.9 Å². The zero-order chi connectivity index (χ0) is 14.3. The SMILES string of the molecule is C#CCN(C)C/C=C/C(=O)N1CCCC(C(N)=O)C1. The number of likely N-dealkylation sites (tertiary alicyclic amines) is 1. The number of hydrogen-bond acceptors (Lipinski definition) is 3. The molecule has 0 aromatic heterocycles. The molecule has 1 saturated heterocycles. The summed E-state index contributed by atoms with van der Waals surface area (Å²) in [6.45, 7) is 2.29. The van der Waals surface area contributed by atoms with Gasteiger partial charge in [0.2, 0.25) is 11.8 Å². The van der Waals surface area contributed by atoms with E-state index in [1.165, 1.54) is 6.08 Å². The molecule has 5 nitrogen and oxygen atoms in total. The third-order valence-electron chi connectivity index (χ3n) is 3.17. The Morgan fingerprint density at radius 2 is 2.32 bits per heavy atom. The second-order valence-corrected chi connectivity index (χ2v) is 4.83. The summed E-state index contributed by atoms with van der Waals surface area (Å²) in [7, 11) is 1.89. The molecule has 19 heavy (non-hydrogen) atoms. The molecule has 104 valence electrons. The van der Waals surface area contributed by atoms with Crippen molar-refractivity contribution in [2.24, 2.45) is 11.7 Å². The summed E-state index contributed by atoms with van der Waals surface area (Å²) >= 11 is 0. The summed E-state index contributed by atoms with van der Waals surface area (Å²) < 4.78 is 0. The summed E-state index contributed by atoms with van der Waals surface area (Å²) in [4.78, 5) is 26.7. The summed E-state index contributed by atoms with van der Waals surface area (Å²) in [6, 6.07) is 0. The first-order valence-electron chi connectivity index (χ1n) is 6.41. The van der Waals surface area contributed by atoms with Crippen LogP contribution in [0.2, 0.25) is 0 Å². The predicted octanol–water partition coefficient (Wildman–Crippen LogP) is -0.168. The van der Waals surface area contributed by atoms with Gasteiger partial charge in [0.15, 0.2) is 0 Å². The number of likely N-dealkylation sites (N-methyl/N-ethyl adjacent to an activating group) is 1. The number of nitrogens with two attached hydrogens (primary N) is 1. The first kappa shape index (κ1) is 15.3. The molecule has 1 fully saturated rings. The number of carbonyl (C=O) groups is 2. The number of rotatable bonds is 5. The van der Waals surface area contributed by atoms with Crippen LogP contribution >= 0.6 is 0 Å². The fraction of sp³-hybridized carbons (Fsp3) is 0.571. The molecule has 0 aromatic carbocycles. The maximum Gasteiger partial charge on any atom is 0.246 e. The topological polar surface area (TPSA) is 66.6 Å². The highest BCUT2D eigenvalue weighted by Crippen LogP contribution is 2.16. The lowest BCUT2D eigenvalue weighted by Gasteiger charge is -2.30. The predicted molar refractivity (Wildman–Crippen MR) is 74.0 cm³/mol. The lowest BCUT2D eigenvalue weighted by molar-refractivity contribution is -0.130. The number of carbonyl (C=O) groups excluding carboxylic acids is 2. The number of amides is 2. The quantitative estimate of drug-likeness (QED) is 0.553. The highest BCUT2D eigenvalue weighted by atomic mass is 16.2. The monoisotopic (exact) mass is 263 g/mol. The first-order chi connectivity index (χ1) is 9.04. The van der Waals surface area contributed by atoms with E-state index in [-0.39, 0.29) is 17.7 Å². The molecular formula is C14H21N3O2. The molecule has 1 atom stereocenters. The average Bonchev–Trinajstić information content (AvgIpc) is 2.39. The van der Waals surface area contributed by atoms with Crippen molar-refractivity contribution >= 4 is 11.8 Å². The van der Waals surface area contributed by atoms with Crippen molar-refractivity contribution in [3.8, 4) is 12.3 Å². The van der Waals surface area contributed by atoms with Crippen LogP contribution in [-0.2, 0) is 9.59 Å². The Kier molecular flexibility index (Phi) is 6.10. The molecule has 0 aromatic rings. The fourth-order valence-electron chi connectivity index (χ4n) is 2.07. The minimum Gasteiger partial charge on any atom is -0.369 e. The Bertz CT molecular complexity index is 398. The van der Waals surface area contributed by atoms with Gasteiger partial charge in [0.05, 0.1) is 12.5 Å². The average molecular weight is 263 g/mol. The molecular weight excluding hydrogens is 242 g/mol. The maximum absolute atomic E-state index is 11.9. The molecule has 0 spiro atoms. The van der Waals surface area contributed by atoms with Gasteiger partial charge in [0, 0.05) is 25.7 Å². The van der Waals surface area contributed by atoms with E-state index in [1.54, 1.807) is 11.0 Å². The Balaban J connectivity index is 2.43. The van der Waals surface area contributed by atoms with Crippen LogP contribution in [0.15, 0.2) is 12.2 Å². The maximum atomic E-state index is 11.9. The number of piperidine rings is 1. The molecule has 0 saturated carbocycles. The van der Waals surface area contributed by atoms with E-state index in [4.69, 9.17) is 12.2 Å². The Hall–Kier alpha value is -1.80. The lowest BCUT2D eigenvalue weighted by Crippen LogP contribution is -2.43. The van der Waals surface area contributed by atoms with E-state index < -0.39 is 0 Å². The Morgan fingerprint density at radius 1 is 1.58 bits per heavy atom. The van der Waals surface area contributed by atoms with Gasteiger partial charge in [-0.25, -0.2) is 0 Å². The van der Waals surface area contributed by atoms with Crippen LogP contribution in [0.1, 0.15) is 12.8 Å². The van der Waals surface area contributed by atoms with E-state index in [2.05, 4.69) is 5.92 Å². The van der Waals surface area contributed by atoms with E-state index in [0.29, 0.717) is 26.2 Å². The Morgan fingerprint density at radius 3 is 2.95 bits per heavy atom. The van der Waals surface area contributed by atoms with Crippen molar-refractivity contribution in [2.75, 3.05) is 33.2 Å². The van der Waals surface area contributed by atoms with Crippen LogP contribution in [0.4, 0.5) is 0 Å². The smallest absolute Gasteiger partial charge is 0.246 e. The number of primary amides is 1. The number of nitrogens with zero attached hydrogens (tertiary/aromatic N) is 2. The van der Waals surface area contributed by atoms with E-state index >= 15 is 0 Å². The minimum absolute atomic E-state index is 0.0694. The van der Waals surface area contributed by atoms with Crippen LogP contribution in [0, 0.1) is 18.3 Å². The van der Waals surface area contributed by atoms with Gasteiger partial charge < -0.3 is 10.6 Å². The molecule has 1 unspecified atom stereocenters. The van der Waals surface area contributed by atoms with Crippen LogP contribution in [0.25, 0.3) is 0 Å². The molecule has 2 N–H and O–H groups in total. The van der Waals surface area contributed by atoms with Gasteiger partial charge in [-0.05, 0) is 19.9 Å². The highest BCUT2D eigenvalue weighted by Gasteiger charge is 2.25. The molecule has 1 aliphatic heterocycles. The van der Waals surface area contributed by atoms with Crippen molar-refractivity contribution in [1.82, 2.24) is 9.80 Å². The fourth-order valence-corrected chi connectivity index (χ4v) is 2.07. The third kappa shape index (κ3) is 5.14. The minimum atomic E-state index is -0.324. The van der Waals surface area contributed by atoms with Crippen molar-refractivity contribution in [3.05, 3.63) is 12.2 Å². The van der Waals surface area contributed by atoms with Gasteiger partial charge >= 0.3 is 0 Å². The summed E-state index contributed by atoms with van der Waals surface area (Å²) in [6.07, 6.45) is 10.1. The normalized spacial score (nSPS) is 19.6. The second-order valence-electron chi connectivity index (χ2n) is 4.83. The number of terminal acetylenes is 1. The standard InChI is InChI=1S/C14H21N3O2/c1-3-8-16(2)9-5-7-13(18)17-10-4-6-12(11-17)14(15)19/h1,5,7,12H,4,6,8-11H2,2H3,(H2,15,19)/b7-5+. The molecule has 0 aliphatic carbocycles. The molecule has 1 aliphatic rings. The number of hydrogen-bond donors (Lipinski definition) is 1. The van der Waals surface area contributed by atoms with E-state index in [9.17, 15) is 9.59 Å². The Labute approximate surface area is 114 Å². The van der Waals surface area contributed by atoms with Gasteiger partial charge in [-0.15, -0.1) is 6.42 Å².